The Morgan fingerprint density at radius 3 is 2.59 bits per heavy atom. The first kappa shape index (κ1) is 29.4. The summed E-state index contributed by atoms with van der Waals surface area (Å²) in [6.07, 6.45) is 0.374. The zero-order valence-corrected chi connectivity index (χ0v) is 23.5. The molecule has 216 valence electrons. The number of amides is 4. The van der Waals surface area contributed by atoms with Crippen molar-refractivity contribution in [2.24, 2.45) is 5.92 Å². The number of carbonyl (C=O) groups is 3. The number of aliphatic hydroxyl groups is 1. The van der Waals surface area contributed by atoms with Crippen LogP contribution >= 0.6 is 0 Å². The van der Waals surface area contributed by atoms with Crippen molar-refractivity contribution >= 4 is 40.2 Å². The third-order valence-corrected chi connectivity index (χ3v) is 7.07. The summed E-state index contributed by atoms with van der Waals surface area (Å²) < 4.78 is 11.6. The highest BCUT2D eigenvalue weighted by molar-refractivity contribution is 6.08. The maximum Gasteiger partial charge on any atom is 0.409 e. The van der Waals surface area contributed by atoms with Crippen molar-refractivity contribution in [2.75, 3.05) is 44.0 Å². The van der Waals surface area contributed by atoms with Crippen molar-refractivity contribution in [3.63, 3.8) is 0 Å². The number of para-hydroxylation sites is 1. The summed E-state index contributed by atoms with van der Waals surface area (Å²) in [6, 6.07) is 17.3. The van der Waals surface area contributed by atoms with Crippen LogP contribution in [0.3, 0.4) is 0 Å². The van der Waals surface area contributed by atoms with Crippen molar-refractivity contribution in [3.05, 3.63) is 78.9 Å². The van der Waals surface area contributed by atoms with Crippen molar-refractivity contribution in [2.45, 2.75) is 26.0 Å². The molecule has 10 heteroatoms. The second-order valence-electron chi connectivity index (χ2n) is 10.2. The fraction of sp³-hybridized carbons (Fsp3) is 0.323. The van der Waals surface area contributed by atoms with Gasteiger partial charge < -0.3 is 35.0 Å². The summed E-state index contributed by atoms with van der Waals surface area (Å²) in [5, 5.41) is 17.5. The largest absolute Gasteiger partial charge is 0.485 e. The molecule has 41 heavy (non-hydrogen) atoms. The molecular weight excluding hydrogens is 524 g/mol. The van der Waals surface area contributed by atoms with E-state index in [4.69, 9.17) is 9.47 Å². The van der Waals surface area contributed by atoms with Gasteiger partial charge in [-0.2, -0.15) is 0 Å². The number of benzene rings is 3. The molecule has 0 radical (unpaired) electrons. The van der Waals surface area contributed by atoms with E-state index in [-0.39, 0.29) is 42.9 Å². The number of fused-ring (bicyclic) bond motifs is 2. The van der Waals surface area contributed by atoms with Gasteiger partial charge in [-0.3, -0.25) is 4.79 Å². The van der Waals surface area contributed by atoms with Gasteiger partial charge in [0, 0.05) is 24.9 Å². The topological polar surface area (TPSA) is 120 Å². The van der Waals surface area contributed by atoms with Crippen LogP contribution in [0.15, 0.2) is 73.3 Å². The Kier molecular flexibility index (Phi) is 9.46. The van der Waals surface area contributed by atoms with E-state index in [1.54, 1.807) is 37.1 Å². The molecule has 0 unspecified atom stereocenters. The number of aliphatic hydroxyl groups excluding tert-OH is 1. The van der Waals surface area contributed by atoms with Gasteiger partial charge in [-0.1, -0.05) is 62.0 Å². The number of nitrogens with zero attached hydrogens (tertiary/aromatic N) is 2. The first-order chi connectivity index (χ1) is 19.7. The molecule has 0 aliphatic carbocycles. The van der Waals surface area contributed by atoms with Gasteiger partial charge in [0.2, 0.25) is 0 Å². The molecule has 1 aliphatic rings. The van der Waals surface area contributed by atoms with Crippen LogP contribution in [0.4, 0.5) is 21.0 Å². The molecule has 0 saturated heterocycles. The number of nitrogens with one attached hydrogen (secondary N) is 2. The molecular formula is C31H36N4O6. The predicted molar refractivity (Wildman–Crippen MR) is 158 cm³/mol. The van der Waals surface area contributed by atoms with Crippen LogP contribution in [-0.2, 0) is 4.74 Å². The summed E-state index contributed by atoms with van der Waals surface area (Å²) in [4.78, 5) is 42.3. The van der Waals surface area contributed by atoms with Gasteiger partial charge in [0.15, 0.2) is 5.75 Å². The lowest BCUT2D eigenvalue weighted by atomic mass is 9.99. The van der Waals surface area contributed by atoms with Gasteiger partial charge >= 0.3 is 12.1 Å². The van der Waals surface area contributed by atoms with Crippen molar-refractivity contribution < 1.29 is 29.0 Å². The molecule has 1 aliphatic heterocycles. The van der Waals surface area contributed by atoms with Gasteiger partial charge in [-0.25, -0.2) is 9.59 Å². The summed E-state index contributed by atoms with van der Waals surface area (Å²) in [6.45, 7) is 7.53. The number of rotatable bonds is 8. The lowest BCUT2D eigenvalue weighted by molar-refractivity contribution is 0.0333. The predicted octanol–water partition coefficient (Wildman–Crippen LogP) is 4.96. The highest BCUT2D eigenvalue weighted by atomic mass is 16.6. The van der Waals surface area contributed by atoms with Crippen LogP contribution in [0.25, 0.3) is 10.8 Å². The fourth-order valence-corrected chi connectivity index (χ4v) is 4.75. The number of likely N-dealkylation sites (N-methyl/N-ethyl adjacent to an activating group) is 1. The quantitative estimate of drug-likeness (QED) is 0.335. The van der Waals surface area contributed by atoms with Crippen LogP contribution in [0.5, 0.6) is 5.75 Å². The van der Waals surface area contributed by atoms with Crippen LogP contribution in [-0.4, -0.2) is 78.4 Å². The van der Waals surface area contributed by atoms with Gasteiger partial charge in [-0.15, -0.1) is 0 Å². The molecule has 0 fully saturated rings. The van der Waals surface area contributed by atoms with E-state index in [1.165, 1.54) is 11.0 Å². The molecule has 0 bridgehead atoms. The lowest BCUT2D eigenvalue weighted by Crippen LogP contribution is -2.50. The van der Waals surface area contributed by atoms with Crippen LogP contribution < -0.4 is 15.4 Å². The average Bonchev–Trinajstić information content (AvgIpc) is 2.97. The lowest BCUT2D eigenvalue weighted by Gasteiger charge is -2.38. The normalized spacial score (nSPS) is 17.4. The Labute approximate surface area is 239 Å². The number of anilines is 2. The standard InChI is InChI=1S/C31H36N4O6/c1-5-16-40-31(39)34(4)18-27-20(2)17-35(21(3)19-36)29(37)24-13-9-15-26(28(24)41-27)33-30(38)32-25-14-8-11-22-10-6-7-12-23(22)25/h5-15,20-21,27,36H,1,16-19H2,2-4H3,(H2,32,33,38)/t20-,21+,27+/m1/s1. The van der Waals surface area contributed by atoms with E-state index in [0.717, 1.165) is 10.8 Å². The van der Waals surface area contributed by atoms with Crippen LogP contribution in [0, 0.1) is 5.92 Å². The molecule has 3 N–H and O–H groups in total. The molecule has 4 rings (SSSR count). The Morgan fingerprint density at radius 1 is 1.15 bits per heavy atom. The Hall–Kier alpha value is -4.57. The third kappa shape index (κ3) is 6.78. The zero-order chi connectivity index (χ0) is 29.5. The summed E-state index contributed by atoms with van der Waals surface area (Å²) >= 11 is 0. The van der Waals surface area contributed by atoms with Crippen molar-refractivity contribution in [1.29, 1.82) is 0 Å². The smallest absolute Gasteiger partial charge is 0.409 e. The average molecular weight is 561 g/mol. The molecule has 0 aromatic heterocycles. The van der Waals surface area contributed by atoms with E-state index in [2.05, 4.69) is 17.2 Å². The number of urea groups is 1. The highest BCUT2D eigenvalue weighted by Crippen LogP contribution is 2.35. The monoisotopic (exact) mass is 560 g/mol. The minimum absolute atomic E-state index is 0.0727. The summed E-state index contributed by atoms with van der Waals surface area (Å²) in [7, 11) is 1.60. The molecule has 3 aromatic carbocycles. The molecule has 1 heterocycles. The molecule has 0 spiro atoms. The molecule has 3 aromatic rings. The molecule has 3 atom stereocenters. The van der Waals surface area contributed by atoms with E-state index < -0.39 is 24.3 Å². The fourth-order valence-electron chi connectivity index (χ4n) is 4.75. The second kappa shape index (κ2) is 13.2. The zero-order valence-electron chi connectivity index (χ0n) is 23.5. The van der Waals surface area contributed by atoms with Gasteiger partial charge in [0.25, 0.3) is 5.91 Å². The molecule has 0 saturated carbocycles. The first-order valence-corrected chi connectivity index (χ1v) is 13.5. The van der Waals surface area contributed by atoms with Crippen molar-refractivity contribution in [3.8, 4) is 5.75 Å². The maximum absolute atomic E-state index is 13.7. The van der Waals surface area contributed by atoms with E-state index >= 15 is 0 Å². The van der Waals surface area contributed by atoms with Crippen LogP contribution in [0.2, 0.25) is 0 Å². The summed E-state index contributed by atoms with van der Waals surface area (Å²) in [5.41, 5.74) is 1.16. The minimum Gasteiger partial charge on any atom is -0.485 e. The second-order valence-corrected chi connectivity index (χ2v) is 10.2. The Balaban J connectivity index is 1.66. The van der Waals surface area contributed by atoms with Crippen molar-refractivity contribution in [1.82, 2.24) is 9.80 Å². The highest BCUT2D eigenvalue weighted by Gasteiger charge is 2.35. The van der Waals surface area contributed by atoms with Gasteiger partial charge in [-0.05, 0) is 30.5 Å². The number of carbonyl (C=O) groups excluding carboxylic acids is 3. The Morgan fingerprint density at radius 2 is 1.83 bits per heavy atom. The number of hydrogen-bond acceptors (Lipinski definition) is 6. The summed E-state index contributed by atoms with van der Waals surface area (Å²) in [5.74, 6) is -0.387. The molecule has 4 amide bonds. The van der Waals surface area contributed by atoms with Crippen LogP contribution in [0.1, 0.15) is 24.2 Å². The first-order valence-electron chi connectivity index (χ1n) is 13.5. The van der Waals surface area contributed by atoms with E-state index in [1.807, 2.05) is 49.4 Å². The third-order valence-electron chi connectivity index (χ3n) is 7.07. The minimum atomic E-state index is -0.569. The Bertz CT molecular complexity index is 1420. The maximum atomic E-state index is 13.7. The molecule has 10 nitrogen and oxygen atoms in total. The van der Waals surface area contributed by atoms with E-state index in [0.29, 0.717) is 17.9 Å². The SMILES string of the molecule is C=CCOC(=O)N(C)C[C@@H]1Oc2c(NC(=O)Nc3cccc4ccccc34)cccc2C(=O)N([C@@H](C)CO)C[C@H]1C. The number of ether oxygens (including phenoxy) is 2. The van der Waals surface area contributed by atoms with E-state index in [9.17, 15) is 19.5 Å². The van der Waals surface area contributed by atoms with Gasteiger partial charge in [0.05, 0.1) is 36.1 Å². The van der Waals surface area contributed by atoms with Gasteiger partial charge in [0.1, 0.15) is 12.7 Å². The number of hydrogen-bond donors (Lipinski definition) is 3.